The van der Waals surface area contributed by atoms with Crippen LogP contribution in [0.15, 0.2) is 59.2 Å². The van der Waals surface area contributed by atoms with Crippen molar-refractivity contribution in [3.8, 4) is 0 Å². The van der Waals surface area contributed by atoms with E-state index < -0.39 is 0 Å². The van der Waals surface area contributed by atoms with Gasteiger partial charge in [0.1, 0.15) is 0 Å². The third-order valence-corrected chi connectivity index (χ3v) is 5.44. The first kappa shape index (κ1) is 15.5. The molecular formula is C20H19BrN2O. The molecule has 3 nitrogen and oxygen atoms in total. The van der Waals surface area contributed by atoms with E-state index in [4.69, 9.17) is 0 Å². The lowest BCUT2D eigenvalue weighted by atomic mass is 9.95. The van der Waals surface area contributed by atoms with Crippen LogP contribution in [0, 0.1) is 0 Å². The molecule has 1 saturated carbocycles. The first-order chi connectivity index (χ1) is 11.7. The van der Waals surface area contributed by atoms with Gasteiger partial charge in [-0.25, -0.2) is 0 Å². The van der Waals surface area contributed by atoms with Gasteiger partial charge in [-0.3, -0.25) is 4.79 Å². The van der Waals surface area contributed by atoms with E-state index in [0.717, 1.165) is 22.9 Å². The zero-order valence-corrected chi connectivity index (χ0v) is 14.9. The number of amides is 1. The summed E-state index contributed by atoms with van der Waals surface area (Å²) in [5, 5.41) is 4.41. The molecule has 1 heterocycles. The average Bonchev–Trinajstić information content (AvgIpc) is 3.26. The van der Waals surface area contributed by atoms with Crippen LogP contribution in [0.25, 0.3) is 10.9 Å². The molecule has 0 radical (unpaired) electrons. The van der Waals surface area contributed by atoms with Gasteiger partial charge in [-0.1, -0.05) is 46.3 Å². The Balaban J connectivity index is 1.43. The van der Waals surface area contributed by atoms with Crippen LogP contribution in [-0.4, -0.2) is 17.4 Å². The van der Waals surface area contributed by atoms with Crippen molar-refractivity contribution in [2.24, 2.45) is 0 Å². The van der Waals surface area contributed by atoms with Gasteiger partial charge in [0.25, 0.3) is 0 Å². The molecular weight excluding hydrogens is 364 g/mol. The number of carbonyl (C=O) groups is 1. The molecule has 0 aliphatic heterocycles. The summed E-state index contributed by atoms with van der Waals surface area (Å²) in [7, 11) is 0. The molecule has 1 amide bonds. The minimum Gasteiger partial charge on any atom is -0.361 e. The van der Waals surface area contributed by atoms with Gasteiger partial charge < -0.3 is 10.3 Å². The Morgan fingerprint density at radius 1 is 1.12 bits per heavy atom. The number of benzene rings is 2. The van der Waals surface area contributed by atoms with Gasteiger partial charge in [-0.05, 0) is 42.2 Å². The standard InChI is InChI=1S/C20H19BrN2O/c21-15-7-5-14(6-8-15)11-19(24)23-13-20(9-10-20)17-12-22-18-4-2-1-3-16(17)18/h1-8,12,22H,9-11,13H2,(H,23,24). The lowest BCUT2D eigenvalue weighted by Crippen LogP contribution is -2.33. The summed E-state index contributed by atoms with van der Waals surface area (Å²) in [5.74, 6) is 0.0865. The first-order valence-electron chi connectivity index (χ1n) is 8.24. The minimum absolute atomic E-state index is 0.0865. The first-order valence-corrected chi connectivity index (χ1v) is 9.03. The Labute approximate surface area is 149 Å². The van der Waals surface area contributed by atoms with E-state index in [1.165, 1.54) is 16.5 Å². The second-order valence-corrected chi connectivity index (χ2v) is 7.52. The normalized spacial score (nSPS) is 15.4. The Hall–Kier alpha value is -2.07. The number of carbonyl (C=O) groups excluding carboxylic acids is 1. The van der Waals surface area contributed by atoms with Crippen molar-refractivity contribution >= 4 is 32.7 Å². The smallest absolute Gasteiger partial charge is 0.224 e. The van der Waals surface area contributed by atoms with Gasteiger partial charge in [0, 0.05) is 33.5 Å². The molecule has 0 unspecified atom stereocenters. The molecule has 2 aromatic carbocycles. The lowest BCUT2D eigenvalue weighted by molar-refractivity contribution is -0.120. The van der Waals surface area contributed by atoms with Crippen molar-refractivity contribution in [2.75, 3.05) is 6.54 Å². The summed E-state index contributed by atoms with van der Waals surface area (Å²) in [6.45, 7) is 0.713. The quantitative estimate of drug-likeness (QED) is 0.677. The van der Waals surface area contributed by atoms with Crippen LogP contribution < -0.4 is 5.32 Å². The van der Waals surface area contributed by atoms with Crippen LogP contribution in [0.3, 0.4) is 0 Å². The van der Waals surface area contributed by atoms with Gasteiger partial charge in [-0.2, -0.15) is 0 Å². The van der Waals surface area contributed by atoms with Crippen molar-refractivity contribution < 1.29 is 4.79 Å². The number of aromatic nitrogens is 1. The largest absolute Gasteiger partial charge is 0.361 e. The molecule has 4 rings (SSSR count). The average molecular weight is 383 g/mol. The number of nitrogens with one attached hydrogen (secondary N) is 2. The molecule has 1 aliphatic carbocycles. The number of hydrogen-bond donors (Lipinski definition) is 2. The number of aromatic amines is 1. The maximum atomic E-state index is 12.3. The molecule has 0 spiro atoms. The Kier molecular flexibility index (Phi) is 3.93. The van der Waals surface area contributed by atoms with Crippen molar-refractivity contribution in [2.45, 2.75) is 24.7 Å². The van der Waals surface area contributed by atoms with Crippen molar-refractivity contribution in [1.29, 1.82) is 0 Å². The molecule has 1 aliphatic rings. The molecule has 24 heavy (non-hydrogen) atoms. The highest BCUT2D eigenvalue weighted by molar-refractivity contribution is 9.10. The van der Waals surface area contributed by atoms with E-state index >= 15 is 0 Å². The van der Waals surface area contributed by atoms with Crippen LogP contribution in [0.1, 0.15) is 24.0 Å². The SMILES string of the molecule is O=C(Cc1ccc(Br)cc1)NCC1(c2c[nH]c3ccccc23)CC1. The molecule has 3 aromatic rings. The van der Waals surface area contributed by atoms with Gasteiger partial charge in [0.05, 0.1) is 6.42 Å². The number of rotatable bonds is 5. The Morgan fingerprint density at radius 2 is 1.88 bits per heavy atom. The van der Waals surface area contributed by atoms with Gasteiger partial charge in [0.2, 0.25) is 5.91 Å². The van der Waals surface area contributed by atoms with E-state index in [2.05, 4.69) is 50.6 Å². The van der Waals surface area contributed by atoms with E-state index in [-0.39, 0.29) is 11.3 Å². The van der Waals surface area contributed by atoms with Gasteiger partial charge >= 0.3 is 0 Å². The van der Waals surface area contributed by atoms with Crippen molar-refractivity contribution in [1.82, 2.24) is 10.3 Å². The topological polar surface area (TPSA) is 44.9 Å². The van der Waals surface area contributed by atoms with E-state index in [1.54, 1.807) is 0 Å². The maximum Gasteiger partial charge on any atom is 0.224 e. The Morgan fingerprint density at radius 3 is 2.62 bits per heavy atom. The van der Waals surface area contributed by atoms with E-state index in [1.807, 2.05) is 30.3 Å². The van der Waals surface area contributed by atoms with Gasteiger partial charge in [0.15, 0.2) is 0 Å². The number of fused-ring (bicyclic) bond motifs is 1. The molecule has 0 atom stereocenters. The molecule has 2 N–H and O–H groups in total. The molecule has 0 bridgehead atoms. The highest BCUT2D eigenvalue weighted by Crippen LogP contribution is 2.49. The predicted octanol–water partition coefficient (Wildman–Crippen LogP) is 4.32. The van der Waals surface area contributed by atoms with Gasteiger partial charge in [-0.15, -0.1) is 0 Å². The highest BCUT2D eigenvalue weighted by atomic mass is 79.9. The van der Waals surface area contributed by atoms with E-state index in [0.29, 0.717) is 13.0 Å². The number of hydrogen-bond acceptors (Lipinski definition) is 1. The van der Waals surface area contributed by atoms with Crippen LogP contribution >= 0.6 is 15.9 Å². The molecule has 0 saturated heterocycles. The second kappa shape index (κ2) is 6.10. The highest BCUT2D eigenvalue weighted by Gasteiger charge is 2.45. The van der Waals surface area contributed by atoms with E-state index in [9.17, 15) is 4.79 Å². The zero-order chi connectivity index (χ0) is 16.6. The summed E-state index contributed by atoms with van der Waals surface area (Å²) in [4.78, 5) is 15.6. The summed E-state index contributed by atoms with van der Waals surface area (Å²) < 4.78 is 1.03. The van der Waals surface area contributed by atoms with Crippen LogP contribution in [0.4, 0.5) is 0 Å². The Bertz CT molecular complexity index is 878. The number of H-pyrrole nitrogens is 1. The number of para-hydroxylation sites is 1. The molecule has 4 heteroatoms. The third kappa shape index (κ3) is 2.98. The van der Waals surface area contributed by atoms with Crippen molar-refractivity contribution in [3.63, 3.8) is 0 Å². The molecule has 122 valence electrons. The van der Waals surface area contributed by atoms with Crippen molar-refractivity contribution in [3.05, 3.63) is 70.3 Å². The fourth-order valence-corrected chi connectivity index (χ4v) is 3.58. The summed E-state index contributed by atoms with van der Waals surface area (Å²) in [5.41, 5.74) is 3.64. The zero-order valence-electron chi connectivity index (χ0n) is 13.3. The fraction of sp³-hybridized carbons (Fsp3) is 0.250. The monoisotopic (exact) mass is 382 g/mol. The fourth-order valence-electron chi connectivity index (χ4n) is 3.32. The van der Waals surface area contributed by atoms with Crippen LogP contribution in [0.2, 0.25) is 0 Å². The lowest BCUT2D eigenvalue weighted by Gasteiger charge is -2.16. The van der Waals surface area contributed by atoms with Crippen LogP contribution in [0.5, 0.6) is 0 Å². The maximum absolute atomic E-state index is 12.3. The second-order valence-electron chi connectivity index (χ2n) is 6.61. The third-order valence-electron chi connectivity index (χ3n) is 4.92. The summed E-state index contributed by atoms with van der Waals surface area (Å²) in [6, 6.07) is 16.3. The number of halogens is 1. The molecule has 1 fully saturated rings. The predicted molar refractivity (Wildman–Crippen MR) is 100 cm³/mol. The minimum atomic E-state index is 0.0865. The summed E-state index contributed by atoms with van der Waals surface area (Å²) >= 11 is 3.42. The van der Waals surface area contributed by atoms with Crippen LogP contribution in [-0.2, 0) is 16.6 Å². The molecule has 1 aromatic heterocycles. The summed E-state index contributed by atoms with van der Waals surface area (Å²) in [6.07, 6.45) is 4.80.